The Hall–Kier alpha value is -2.92. The lowest BCUT2D eigenvalue weighted by molar-refractivity contribution is 0.0938. The van der Waals surface area contributed by atoms with Crippen LogP contribution in [-0.2, 0) is 6.54 Å². The molecule has 1 unspecified atom stereocenters. The van der Waals surface area contributed by atoms with Crippen molar-refractivity contribution in [3.63, 3.8) is 0 Å². The van der Waals surface area contributed by atoms with Gasteiger partial charge < -0.3 is 9.88 Å². The first kappa shape index (κ1) is 19.4. The topological polar surface area (TPSA) is 46.9 Å². The fourth-order valence-corrected chi connectivity index (χ4v) is 3.90. The van der Waals surface area contributed by atoms with Gasteiger partial charge in [0.25, 0.3) is 5.91 Å². The summed E-state index contributed by atoms with van der Waals surface area (Å²) in [6.45, 7) is 4.67. The number of rotatable bonds is 5. The summed E-state index contributed by atoms with van der Waals surface area (Å²) >= 11 is 3.55. The Morgan fingerprint density at radius 3 is 2.59 bits per heavy atom. The van der Waals surface area contributed by atoms with Gasteiger partial charge in [-0.25, -0.2) is 4.98 Å². The lowest BCUT2D eigenvalue weighted by Gasteiger charge is -2.17. The predicted molar refractivity (Wildman–Crippen MR) is 120 cm³/mol. The number of imidazole rings is 1. The number of aryl methyl sites for hydroxylation is 1. The molecule has 29 heavy (non-hydrogen) atoms. The summed E-state index contributed by atoms with van der Waals surface area (Å²) < 4.78 is 3.22. The van der Waals surface area contributed by atoms with Crippen molar-refractivity contribution in [2.45, 2.75) is 26.4 Å². The van der Waals surface area contributed by atoms with E-state index in [1.54, 1.807) is 0 Å². The van der Waals surface area contributed by atoms with Crippen molar-refractivity contribution in [1.29, 1.82) is 0 Å². The molecule has 0 radical (unpaired) electrons. The van der Waals surface area contributed by atoms with E-state index < -0.39 is 0 Å². The molecule has 4 aromatic rings. The quantitative estimate of drug-likeness (QED) is 0.429. The van der Waals surface area contributed by atoms with Crippen molar-refractivity contribution >= 4 is 32.9 Å². The Balaban J connectivity index is 1.67. The summed E-state index contributed by atoms with van der Waals surface area (Å²) in [5.41, 5.74) is 4.93. The van der Waals surface area contributed by atoms with Crippen LogP contribution >= 0.6 is 15.9 Å². The monoisotopic (exact) mass is 447 g/mol. The Bertz CT molecular complexity index is 1160. The molecular formula is C24H22BrN3O. The van der Waals surface area contributed by atoms with Crippen molar-refractivity contribution in [2.24, 2.45) is 0 Å². The molecule has 0 saturated heterocycles. The van der Waals surface area contributed by atoms with Crippen molar-refractivity contribution in [2.75, 3.05) is 0 Å². The highest BCUT2D eigenvalue weighted by Gasteiger charge is 2.19. The summed E-state index contributed by atoms with van der Waals surface area (Å²) in [5, 5.41) is 3.10. The normalized spacial score (nSPS) is 12.1. The summed E-state index contributed by atoms with van der Waals surface area (Å²) in [5.74, 6) is 0.741. The van der Waals surface area contributed by atoms with Gasteiger partial charge in [-0.1, -0.05) is 57.9 Å². The number of amides is 1. The molecule has 0 aliphatic heterocycles. The van der Waals surface area contributed by atoms with Crippen LogP contribution in [0, 0.1) is 6.92 Å². The number of aromatic nitrogens is 2. The smallest absolute Gasteiger partial charge is 0.251 e. The molecule has 1 N–H and O–H groups in total. The SMILES string of the molecule is Cc1ccc(C(=O)NC(C)c2nc3ccccc3n2Cc2cccc(Br)c2)cc1. The van der Waals surface area contributed by atoms with Crippen LogP contribution in [0.15, 0.2) is 77.3 Å². The van der Waals surface area contributed by atoms with E-state index in [2.05, 4.69) is 44.0 Å². The van der Waals surface area contributed by atoms with Gasteiger partial charge in [-0.15, -0.1) is 0 Å². The van der Waals surface area contributed by atoms with Gasteiger partial charge >= 0.3 is 0 Å². The number of halogens is 1. The molecule has 1 amide bonds. The minimum atomic E-state index is -0.233. The Kier molecular flexibility index (Phi) is 5.49. The van der Waals surface area contributed by atoms with Crippen LogP contribution in [0.3, 0.4) is 0 Å². The predicted octanol–water partition coefficient (Wildman–Crippen LogP) is 5.65. The maximum atomic E-state index is 12.7. The van der Waals surface area contributed by atoms with Gasteiger partial charge in [-0.3, -0.25) is 4.79 Å². The van der Waals surface area contributed by atoms with Crippen LogP contribution in [0.4, 0.5) is 0 Å². The van der Waals surface area contributed by atoms with Gasteiger partial charge in [0, 0.05) is 16.6 Å². The molecule has 1 aromatic heterocycles. The van der Waals surface area contributed by atoms with E-state index >= 15 is 0 Å². The molecule has 1 heterocycles. The third-order valence-electron chi connectivity index (χ3n) is 4.96. The number of benzene rings is 3. The molecule has 4 nitrogen and oxygen atoms in total. The molecule has 146 valence electrons. The molecule has 5 heteroatoms. The molecule has 4 rings (SSSR count). The molecular weight excluding hydrogens is 426 g/mol. The second-order valence-corrected chi connectivity index (χ2v) is 8.15. The summed E-state index contributed by atoms with van der Waals surface area (Å²) in [7, 11) is 0. The Morgan fingerprint density at radius 1 is 1.07 bits per heavy atom. The first-order valence-corrected chi connectivity index (χ1v) is 10.4. The van der Waals surface area contributed by atoms with Crippen molar-refractivity contribution < 1.29 is 4.79 Å². The van der Waals surface area contributed by atoms with E-state index in [4.69, 9.17) is 4.98 Å². The van der Waals surface area contributed by atoms with E-state index in [0.29, 0.717) is 12.1 Å². The summed E-state index contributed by atoms with van der Waals surface area (Å²) in [6.07, 6.45) is 0. The van der Waals surface area contributed by atoms with Crippen LogP contribution in [0.25, 0.3) is 11.0 Å². The maximum absolute atomic E-state index is 12.7. The molecule has 0 aliphatic carbocycles. The lowest BCUT2D eigenvalue weighted by Crippen LogP contribution is -2.28. The number of nitrogens with one attached hydrogen (secondary N) is 1. The number of hydrogen-bond acceptors (Lipinski definition) is 2. The highest BCUT2D eigenvalue weighted by Crippen LogP contribution is 2.23. The van der Waals surface area contributed by atoms with Crippen LogP contribution in [-0.4, -0.2) is 15.5 Å². The molecule has 0 aliphatic rings. The molecule has 0 fully saturated rings. The van der Waals surface area contributed by atoms with Gasteiger partial charge in [0.1, 0.15) is 5.82 Å². The molecule has 3 aromatic carbocycles. The first-order valence-electron chi connectivity index (χ1n) is 9.58. The van der Waals surface area contributed by atoms with Crippen LogP contribution in [0.2, 0.25) is 0 Å². The second kappa shape index (κ2) is 8.21. The highest BCUT2D eigenvalue weighted by atomic mass is 79.9. The number of fused-ring (bicyclic) bond motifs is 1. The van der Waals surface area contributed by atoms with Crippen LogP contribution < -0.4 is 5.32 Å². The first-order chi connectivity index (χ1) is 14.0. The summed E-state index contributed by atoms with van der Waals surface area (Å²) in [4.78, 5) is 17.5. The fourth-order valence-electron chi connectivity index (χ4n) is 3.46. The number of hydrogen-bond donors (Lipinski definition) is 1. The van der Waals surface area contributed by atoms with Crippen LogP contribution in [0.1, 0.15) is 40.3 Å². The zero-order valence-electron chi connectivity index (χ0n) is 16.4. The van der Waals surface area contributed by atoms with Gasteiger partial charge in [0.05, 0.1) is 17.1 Å². The molecule has 1 atom stereocenters. The van der Waals surface area contributed by atoms with Crippen LogP contribution in [0.5, 0.6) is 0 Å². The zero-order chi connectivity index (χ0) is 20.4. The second-order valence-electron chi connectivity index (χ2n) is 7.24. The molecule has 0 bridgehead atoms. The summed E-state index contributed by atoms with van der Waals surface area (Å²) in [6, 6.07) is 23.7. The fraction of sp³-hybridized carbons (Fsp3) is 0.167. The minimum absolute atomic E-state index is 0.0986. The van der Waals surface area contributed by atoms with Gasteiger partial charge in [0.2, 0.25) is 0 Å². The van der Waals surface area contributed by atoms with Crippen molar-refractivity contribution in [3.8, 4) is 0 Å². The van der Waals surface area contributed by atoms with E-state index in [1.807, 2.05) is 68.4 Å². The molecule has 0 spiro atoms. The van der Waals surface area contributed by atoms with Gasteiger partial charge in [-0.05, 0) is 55.8 Å². The molecule has 0 saturated carbocycles. The van der Waals surface area contributed by atoms with Gasteiger partial charge in [-0.2, -0.15) is 0 Å². The van der Waals surface area contributed by atoms with E-state index in [1.165, 1.54) is 5.56 Å². The van der Waals surface area contributed by atoms with E-state index in [9.17, 15) is 4.79 Å². The highest BCUT2D eigenvalue weighted by molar-refractivity contribution is 9.10. The average Bonchev–Trinajstić information content (AvgIpc) is 3.07. The minimum Gasteiger partial charge on any atom is -0.342 e. The standard InChI is InChI=1S/C24H22BrN3O/c1-16-10-12-19(13-11-16)24(29)26-17(2)23-27-21-8-3-4-9-22(21)28(23)15-18-6-5-7-20(25)14-18/h3-14,17H,15H2,1-2H3,(H,26,29). The average molecular weight is 448 g/mol. The lowest BCUT2D eigenvalue weighted by atomic mass is 10.1. The van der Waals surface area contributed by atoms with Gasteiger partial charge in [0.15, 0.2) is 0 Å². The number of carbonyl (C=O) groups excluding carboxylic acids is 1. The number of para-hydroxylation sites is 2. The van der Waals surface area contributed by atoms with Crippen molar-refractivity contribution in [1.82, 2.24) is 14.9 Å². The zero-order valence-corrected chi connectivity index (χ0v) is 18.0. The van der Waals surface area contributed by atoms with E-state index in [-0.39, 0.29) is 11.9 Å². The third kappa shape index (κ3) is 4.25. The van der Waals surface area contributed by atoms with Crippen molar-refractivity contribution in [3.05, 3.63) is 99.8 Å². The Morgan fingerprint density at radius 2 is 1.83 bits per heavy atom. The largest absolute Gasteiger partial charge is 0.342 e. The number of carbonyl (C=O) groups is 1. The maximum Gasteiger partial charge on any atom is 0.251 e. The Labute approximate surface area is 178 Å². The number of nitrogens with zero attached hydrogens (tertiary/aromatic N) is 2. The third-order valence-corrected chi connectivity index (χ3v) is 5.46. The van der Waals surface area contributed by atoms with E-state index in [0.717, 1.165) is 26.9 Å².